The Morgan fingerprint density at radius 3 is 2.52 bits per heavy atom. The van der Waals surface area contributed by atoms with Crippen LogP contribution < -0.4 is 0 Å². The molecule has 1 aromatic heterocycles. The van der Waals surface area contributed by atoms with Crippen molar-refractivity contribution >= 4 is 33.3 Å². The third kappa shape index (κ3) is 3.39. The van der Waals surface area contributed by atoms with Crippen LogP contribution in [0.5, 0.6) is 0 Å². The van der Waals surface area contributed by atoms with Crippen molar-refractivity contribution in [2.24, 2.45) is 0 Å². The summed E-state index contributed by atoms with van der Waals surface area (Å²) in [6, 6.07) is 13.6. The molecule has 0 fully saturated rings. The van der Waals surface area contributed by atoms with E-state index in [4.69, 9.17) is 0 Å². The van der Waals surface area contributed by atoms with Crippen molar-refractivity contribution in [3.8, 4) is 0 Å². The highest BCUT2D eigenvalue weighted by Gasteiger charge is 2.30. The Bertz CT molecular complexity index is 750. The Hall–Kier alpha value is -1.53. The van der Waals surface area contributed by atoms with E-state index in [0.29, 0.717) is 10.2 Å². The monoisotopic (exact) mass is 325 g/mol. The third-order valence-corrected chi connectivity index (χ3v) is 5.13. The fourth-order valence-electron chi connectivity index (χ4n) is 1.86. The van der Waals surface area contributed by atoms with Crippen molar-refractivity contribution in [1.82, 2.24) is 4.98 Å². The molecule has 0 spiro atoms. The van der Waals surface area contributed by atoms with E-state index in [-0.39, 0.29) is 0 Å². The Morgan fingerprint density at radius 1 is 1.05 bits per heavy atom. The second-order valence-electron chi connectivity index (χ2n) is 4.43. The molecule has 1 heterocycles. The number of hydrogen-bond donors (Lipinski definition) is 0. The molecule has 3 rings (SSSR count). The Labute approximate surface area is 127 Å². The molecular weight excluding hydrogens is 315 g/mol. The number of thiazole rings is 1. The van der Waals surface area contributed by atoms with Crippen LogP contribution in [0.25, 0.3) is 10.2 Å². The zero-order chi connectivity index (χ0) is 14.9. The number of rotatable bonds is 3. The zero-order valence-electron chi connectivity index (χ0n) is 10.7. The Morgan fingerprint density at radius 2 is 1.81 bits per heavy atom. The van der Waals surface area contributed by atoms with Gasteiger partial charge in [-0.05, 0) is 23.8 Å². The quantitative estimate of drug-likeness (QED) is 0.581. The van der Waals surface area contributed by atoms with Gasteiger partial charge in [0, 0.05) is 5.75 Å². The summed E-state index contributed by atoms with van der Waals surface area (Å²) < 4.78 is 39.4. The number of nitrogens with zero attached hydrogens (tertiary/aromatic N) is 1. The van der Waals surface area contributed by atoms with Gasteiger partial charge in [-0.2, -0.15) is 13.2 Å². The first-order chi connectivity index (χ1) is 10.0. The molecule has 0 aliphatic heterocycles. The van der Waals surface area contributed by atoms with Crippen LogP contribution in [-0.2, 0) is 11.9 Å². The predicted molar refractivity (Wildman–Crippen MR) is 80.6 cm³/mol. The van der Waals surface area contributed by atoms with E-state index in [1.54, 1.807) is 0 Å². The second-order valence-corrected chi connectivity index (χ2v) is 6.69. The molecule has 0 saturated carbocycles. The van der Waals surface area contributed by atoms with E-state index < -0.39 is 11.7 Å². The highest BCUT2D eigenvalue weighted by atomic mass is 32.2. The summed E-state index contributed by atoms with van der Waals surface area (Å²) in [5.74, 6) is 0.757. The van der Waals surface area contributed by atoms with Crippen molar-refractivity contribution in [2.75, 3.05) is 0 Å². The lowest BCUT2D eigenvalue weighted by atomic mass is 10.2. The maximum Gasteiger partial charge on any atom is 0.416 e. The SMILES string of the molecule is FC(F)(F)c1ccc2nc(SCc3ccccc3)sc2c1. The molecule has 0 radical (unpaired) electrons. The standard InChI is InChI=1S/C15H10F3NS2/c16-15(17,18)11-6-7-12-13(8-11)21-14(19-12)20-9-10-4-2-1-3-5-10/h1-8H,9H2. The topological polar surface area (TPSA) is 12.9 Å². The molecular formula is C15H10F3NS2. The van der Waals surface area contributed by atoms with E-state index in [1.807, 2.05) is 30.3 Å². The molecule has 0 amide bonds. The summed E-state index contributed by atoms with van der Waals surface area (Å²) in [6.07, 6.45) is -4.31. The van der Waals surface area contributed by atoms with Gasteiger partial charge in [-0.1, -0.05) is 42.1 Å². The smallest absolute Gasteiger partial charge is 0.230 e. The van der Waals surface area contributed by atoms with Gasteiger partial charge in [-0.25, -0.2) is 4.98 Å². The van der Waals surface area contributed by atoms with Gasteiger partial charge in [0.15, 0.2) is 4.34 Å². The van der Waals surface area contributed by atoms with Gasteiger partial charge in [-0.3, -0.25) is 0 Å². The molecule has 0 N–H and O–H groups in total. The number of fused-ring (bicyclic) bond motifs is 1. The molecule has 0 bridgehead atoms. The first kappa shape index (κ1) is 14.4. The minimum Gasteiger partial charge on any atom is -0.230 e. The van der Waals surface area contributed by atoms with E-state index in [9.17, 15) is 13.2 Å². The van der Waals surface area contributed by atoms with Crippen LogP contribution in [0, 0.1) is 0 Å². The number of hydrogen-bond acceptors (Lipinski definition) is 3. The van der Waals surface area contributed by atoms with Gasteiger partial charge in [0.1, 0.15) is 0 Å². The largest absolute Gasteiger partial charge is 0.416 e. The summed E-state index contributed by atoms with van der Waals surface area (Å²) >= 11 is 2.84. The van der Waals surface area contributed by atoms with Crippen LogP contribution in [0.15, 0.2) is 52.9 Å². The Kier molecular flexibility index (Phi) is 3.91. The fourth-order valence-corrected chi connectivity index (χ4v) is 3.92. The lowest BCUT2D eigenvalue weighted by molar-refractivity contribution is -0.137. The lowest BCUT2D eigenvalue weighted by Crippen LogP contribution is -2.03. The fraction of sp³-hybridized carbons (Fsp3) is 0.133. The second kappa shape index (κ2) is 5.69. The number of alkyl halides is 3. The Balaban J connectivity index is 1.81. The number of thioether (sulfide) groups is 1. The van der Waals surface area contributed by atoms with Gasteiger partial charge in [0.25, 0.3) is 0 Å². The van der Waals surface area contributed by atoms with E-state index >= 15 is 0 Å². The summed E-state index contributed by atoms with van der Waals surface area (Å²) in [7, 11) is 0. The van der Waals surface area contributed by atoms with Crippen molar-refractivity contribution in [3.05, 3.63) is 59.7 Å². The number of halogens is 3. The van der Waals surface area contributed by atoms with Gasteiger partial charge < -0.3 is 0 Å². The summed E-state index contributed by atoms with van der Waals surface area (Å²) in [4.78, 5) is 4.37. The molecule has 0 saturated heterocycles. The van der Waals surface area contributed by atoms with Crippen molar-refractivity contribution in [3.63, 3.8) is 0 Å². The van der Waals surface area contributed by atoms with E-state index in [0.717, 1.165) is 21.7 Å². The minimum absolute atomic E-state index is 0.570. The maximum absolute atomic E-state index is 12.7. The minimum atomic E-state index is -4.31. The average Bonchev–Trinajstić information content (AvgIpc) is 2.87. The highest BCUT2D eigenvalue weighted by Crippen LogP contribution is 2.36. The summed E-state index contributed by atoms with van der Waals surface area (Å²) in [5.41, 5.74) is 1.15. The van der Waals surface area contributed by atoms with Crippen molar-refractivity contribution in [2.45, 2.75) is 16.3 Å². The first-order valence-electron chi connectivity index (χ1n) is 6.17. The van der Waals surface area contributed by atoms with Crippen LogP contribution in [0.4, 0.5) is 13.2 Å². The van der Waals surface area contributed by atoms with Crippen molar-refractivity contribution < 1.29 is 13.2 Å². The molecule has 2 aromatic carbocycles. The molecule has 108 valence electrons. The van der Waals surface area contributed by atoms with Crippen LogP contribution >= 0.6 is 23.1 Å². The summed E-state index contributed by atoms with van der Waals surface area (Å²) in [5, 5.41) is 0. The highest BCUT2D eigenvalue weighted by molar-refractivity contribution is 8.00. The maximum atomic E-state index is 12.7. The van der Waals surface area contributed by atoms with Crippen molar-refractivity contribution in [1.29, 1.82) is 0 Å². The van der Waals surface area contributed by atoms with Crippen LogP contribution in [0.1, 0.15) is 11.1 Å². The first-order valence-corrected chi connectivity index (χ1v) is 7.97. The third-order valence-electron chi connectivity index (χ3n) is 2.90. The molecule has 21 heavy (non-hydrogen) atoms. The molecule has 3 aromatic rings. The summed E-state index contributed by atoms with van der Waals surface area (Å²) in [6.45, 7) is 0. The van der Waals surface area contributed by atoms with Crippen LogP contribution in [-0.4, -0.2) is 4.98 Å². The van der Waals surface area contributed by atoms with Crippen LogP contribution in [0.3, 0.4) is 0 Å². The molecule has 0 aliphatic rings. The average molecular weight is 325 g/mol. The normalized spacial score (nSPS) is 12.0. The molecule has 0 unspecified atom stereocenters. The molecule has 6 heteroatoms. The van der Waals surface area contributed by atoms with E-state index in [2.05, 4.69) is 4.98 Å². The predicted octanol–water partition coefficient (Wildman–Crippen LogP) is 5.61. The molecule has 1 nitrogen and oxygen atoms in total. The van der Waals surface area contributed by atoms with Gasteiger partial charge in [0.2, 0.25) is 0 Å². The zero-order valence-corrected chi connectivity index (χ0v) is 12.4. The number of benzene rings is 2. The van der Waals surface area contributed by atoms with Gasteiger partial charge >= 0.3 is 6.18 Å². The number of aromatic nitrogens is 1. The molecule has 0 aliphatic carbocycles. The lowest BCUT2D eigenvalue weighted by Gasteiger charge is -2.04. The molecule has 0 atom stereocenters. The van der Waals surface area contributed by atoms with E-state index in [1.165, 1.54) is 35.2 Å². The van der Waals surface area contributed by atoms with Gasteiger partial charge in [-0.15, -0.1) is 11.3 Å². The van der Waals surface area contributed by atoms with Gasteiger partial charge in [0.05, 0.1) is 15.8 Å². The van der Waals surface area contributed by atoms with Crippen LogP contribution in [0.2, 0.25) is 0 Å².